The van der Waals surface area contributed by atoms with Crippen LogP contribution in [0.4, 0.5) is 0 Å². The van der Waals surface area contributed by atoms with Crippen LogP contribution in [-0.2, 0) is 4.79 Å². The molecule has 1 aromatic heterocycles. The Morgan fingerprint density at radius 2 is 2.56 bits per heavy atom. The minimum Gasteiger partial charge on any atom is -0.467 e. The van der Waals surface area contributed by atoms with E-state index < -0.39 is 0 Å². The number of hydrogen-bond acceptors (Lipinski definition) is 4. The molecule has 0 spiro atoms. The summed E-state index contributed by atoms with van der Waals surface area (Å²) in [5.41, 5.74) is 0. The molecule has 0 bridgehead atoms. The third-order valence-electron chi connectivity index (χ3n) is 3.33. The molecular weight excluding hydrogens is 230 g/mol. The van der Waals surface area contributed by atoms with Crippen molar-refractivity contribution in [1.82, 2.24) is 15.5 Å². The van der Waals surface area contributed by atoms with Crippen LogP contribution in [0.1, 0.15) is 25.6 Å². The smallest absolute Gasteiger partial charge is 0.234 e. The summed E-state index contributed by atoms with van der Waals surface area (Å²) >= 11 is 0. The number of amides is 1. The lowest BCUT2D eigenvalue weighted by Crippen LogP contribution is -2.52. The standard InChI is InChI=1S/C13H21N3O2/c1-10-8-14-5-6-16(10)9-13(17)15-11(2)12-4-3-7-18-12/h3-4,7,10-11,14H,5-6,8-9H2,1-2H3,(H,15,17)/t10-,11?/m1/s1. The number of piperazine rings is 1. The number of rotatable bonds is 4. The predicted octanol–water partition coefficient (Wildman–Crippen LogP) is 0.750. The molecule has 1 unspecified atom stereocenters. The van der Waals surface area contributed by atoms with Gasteiger partial charge in [-0.25, -0.2) is 0 Å². The van der Waals surface area contributed by atoms with Gasteiger partial charge < -0.3 is 15.1 Å². The first kappa shape index (κ1) is 13.1. The zero-order valence-electron chi connectivity index (χ0n) is 11.0. The third kappa shape index (κ3) is 3.34. The fourth-order valence-electron chi connectivity index (χ4n) is 2.20. The number of furan rings is 1. The Hall–Kier alpha value is -1.33. The molecule has 5 heteroatoms. The van der Waals surface area contributed by atoms with E-state index in [2.05, 4.69) is 22.5 Å². The molecule has 1 saturated heterocycles. The van der Waals surface area contributed by atoms with Crippen LogP contribution in [-0.4, -0.2) is 43.0 Å². The molecule has 0 saturated carbocycles. The van der Waals surface area contributed by atoms with Crippen molar-refractivity contribution >= 4 is 5.91 Å². The molecule has 2 rings (SSSR count). The van der Waals surface area contributed by atoms with Crippen LogP contribution in [0, 0.1) is 0 Å². The summed E-state index contributed by atoms with van der Waals surface area (Å²) in [6.07, 6.45) is 1.62. The van der Waals surface area contributed by atoms with E-state index in [0.29, 0.717) is 12.6 Å². The van der Waals surface area contributed by atoms with Gasteiger partial charge in [0.15, 0.2) is 0 Å². The van der Waals surface area contributed by atoms with Gasteiger partial charge in [0.05, 0.1) is 18.8 Å². The molecule has 0 aromatic carbocycles. The Morgan fingerprint density at radius 3 is 3.22 bits per heavy atom. The SMILES string of the molecule is CC(NC(=O)CN1CCNC[C@H]1C)c1ccco1. The minimum absolute atomic E-state index is 0.0488. The van der Waals surface area contributed by atoms with Gasteiger partial charge in [-0.1, -0.05) is 0 Å². The maximum atomic E-state index is 11.9. The Kier molecular flexibility index (Phi) is 4.38. The van der Waals surface area contributed by atoms with E-state index in [1.165, 1.54) is 0 Å². The summed E-state index contributed by atoms with van der Waals surface area (Å²) in [6, 6.07) is 4.03. The van der Waals surface area contributed by atoms with Crippen molar-refractivity contribution in [2.45, 2.75) is 25.9 Å². The fraction of sp³-hybridized carbons (Fsp3) is 0.615. The normalized spacial score (nSPS) is 22.7. The lowest BCUT2D eigenvalue weighted by Gasteiger charge is -2.33. The summed E-state index contributed by atoms with van der Waals surface area (Å²) in [5, 5.41) is 6.27. The van der Waals surface area contributed by atoms with Crippen molar-refractivity contribution in [3.63, 3.8) is 0 Å². The molecule has 1 aliphatic heterocycles. The highest BCUT2D eigenvalue weighted by atomic mass is 16.3. The minimum atomic E-state index is -0.0780. The van der Waals surface area contributed by atoms with Gasteiger partial charge in [0.25, 0.3) is 0 Å². The second-order valence-electron chi connectivity index (χ2n) is 4.83. The Labute approximate surface area is 108 Å². The predicted molar refractivity (Wildman–Crippen MR) is 69.2 cm³/mol. The van der Waals surface area contributed by atoms with E-state index in [1.54, 1.807) is 6.26 Å². The highest BCUT2D eigenvalue weighted by molar-refractivity contribution is 5.78. The summed E-state index contributed by atoms with van der Waals surface area (Å²) in [7, 11) is 0. The number of nitrogens with one attached hydrogen (secondary N) is 2. The maximum Gasteiger partial charge on any atom is 0.234 e. The first-order chi connectivity index (χ1) is 8.66. The lowest BCUT2D eigenvalue weighted by atomic mass is 10.2. The summed E-state index contributed by atoms with van der Waals surface area (Å²) in [4.78, 5) is 14.1. The Morgan fingerprint density at radius 1 is 1.72 bits per heavy atom. The van der Waals surface area contributed by atoms with Crippen LogP contribution >= 0.6 is 0 Å². The second kappa shape index (κ2) is 6.02. The van der Waals surface area contributed by atoms with Gasteiger partial charge in [-0.15, -0.1) is 0 Å². The molecule has 2 N–H and O–H groups in total. The van der Waals surface area contributed by atoms with Crippen molar-refractivity contribution in [3.8, 4) is 0 Å². The molecule has 100 valence electrons. The van der Waals surface area contributed by atoms with Crippen LogP contribution in [0.3, 0.4) is 0 Å². The van der Waals surface area contributed by atoms with Crippen LogP contribution in [0.25, 0.3) is 0 Å². The molecule has 1 amide bonds. The second-order valence-corrected chi connectivity index (χ2v) is 4.83. The van der Waals surface area contributed by atoms with Gasteiger partial charge >= 0.3 is 0 Å². The summed E-state index contributed by atoms with van der Waals surface area (Å²) in [6.45, 7) is 7.33. The topological polar surface area (TPSA) is 57.5 Å². The van der Waals surface area contributed by atoms with E-state index in [9.17, 15) is 4.79 Å². The number of carbonyl (C=O) groups is 1. The van der Waals surface area contributed by atoms with Gasteiger partial charge in [-0.3, -0.25) is 9.69 Å². The molecule has 0 aliphatic carbocycles. The fourth-order valence-corrected chi connectivity index (χ4v) is 2.20. The lowest BCUT2D eigenvalue weighted by molar-refractivity contribution is -0.123. The quantitative estimate of drug-likeness (QED) is 0.829. The molecule has 1 fully saturated rings. The highest BCUT2D eigenvalue weighted by Crippen LogP contribution is 2.12. The van der Waals surface area contributed by atoms with Crippen LogP contribution in [0.5, 0.6) is 0 Å². The highest BCUT2D eigenvalue weighted by Gasteiger charge is 2.21. The van der Waals surface area contributed by atoms with Crippen molar-refractivity contribution < 1.29 is 9.21 Å². The molecule has 2 heterocycles. The van der Waals surface area contributed by atoms with Gasteiger partial charge in [-0.2, -0.15) is 0 Å². The van der Waals surface area contributed by atoms with Crippen molar-refractivity contribution in [2.75, 3.05) is 26.2 Å². The summed E-state index contributed by atoms with van der Waals surface area (Å²) in [5.74, 6) is 0.837. The Bertz CT molecular complexity index is 378. The number of carbonyl (C=O) groups excluding carboxylic acids is 1. The van der Waals surface area contributed by atoms with Crippen molar-refractivity contribution in [2.24, 2.45) is 0 Å². The van der Waals surface area contributed by atoms with Crippen molar-refractivity contribution in [1.29, 1.82) is 0 Å². The van der Waals surface area contributed by atoms with Crippen LogP contribution in [0.15, 0.2) is 22.8 Å². The van der Waals surface area contributed by atoms with Crippen molar-refractivity contribution in [3.05, 3.63) is 24.2 Å². The zero-order valence-corrected chi connectivity index (χ0v) is 11.0. The van der Waals surface area contributed by atoms with E-state index in [-0.39, 0.29) is 11.9 Å². The first-order valence-corrected chi connectivity index (χ1v) is 6.44. The first-order valence-electron chi connectivity index (χ1n) is 6.44. The average molecular weight is 251 g/mol. The van der Waals surface area contributed by atoms with Gasteiger partial charge in [0.1, 0.15) is 5.76 Å². The summed E-state index contributed by atoms with van der Waals surface area (Å²) < 4.78 is 5.27. The van der Waals surface area contributed by atoms with Gasteiger partial charge in [0, 0.05) is 25.7 Å². The van der Waals surface area contributed by atoms with E-state index in [4.69, 9.17) is 4.42 Å². The van der Waals surface area contributed by atoms with E-state index in [0.717, 1.165) is 25.4 Å². The largest absolute Gasteiger partial charge is 0.467 e. The molecule has 5 nitrogen and oxygen atoms in total. The average Bonchev–Trinajstić information content (AvgIpc) is 2.85. The molecule has 1 aromatic rings. The third-order valence-corrected chi connectivity index (χ3v) is 3.33. The van der Waals surface area contributed by atoms with E-state index >= 15 is 0 Å². The molecule has 0 radical (unpaired) electrons. The van der Waals surface area contributed by atoms with Gasteiger partial charge in [0.2, 0.25) is 5.91 Å². The Balaban J connectivity index is 1.81. The molecule has 2 atom stereocenters. The van der Waals surface area contributed by atoms with Crippen LogP contribution < -0.4 is 10.6 Å². The molecular formula is C13H21N3O2. The van der Waals surface area contributed by atoms with E-state index in [1.807, 2.05) is 19.1 Å². The van der Waals surface area contributed by atoms with Crippen LogP contribution in [0.2, 0.25) is 0 Å². The van der Waals surface area contributed by atoms with Gasteiger partial charge in [-0.05, 0) is 26.0 Å². The molecule has 1 aliphatic rings. The maximum absolute atomic E-state index is 11.9. The number of nitrogens with zero attached hydrogens (tertiary/aromatic N) is 1. The monoisotopic (exact) mass is 251 g/mol. The number of hydrogen-bond donors (Lipinski definition) is 2. The zero-order chi connectivity index (χ0) is 13.0. The molecule has 18 heavy (non-hydrogen) atoms.